The number of aryl methyl sites for hydroxylation is 2. The zero-order valence-electron chi connectivity index (χ0n) is 13.4. The van der Waals surface area contributed by atoms with E-state index in [0.29, 0.717) is 29.4 Å². The Morgan fingerprint density at radius 3 is 2.62 bits per heavy atom. The lowest BCUT2D eigenvalue weighted by Gasteiger charge is -2.01. The van der Waals surface area contributed by atoms with Gasteiger partial charge in [-0.3, -0.25) is 14.8 Å². The fourth-order valence-corrected chi connectivity index (χ4v) is 2.40. The third-order valence-corrected chi connectivity index (χ3v) is 3.79. The van der Waals surface area contributed by atoms with Crippen molar-refractivity contribution in [3.05, 3.63) is 58.6 Å². The maximum atomic E-state index is 12.3. The van der Waals surface area contributed by atoms with E-state index in [9.17, 15) is 4.79 Å². The molecule has 3 aromatic rings. The van der Waals surface area contributed by atoms with Gasteiger partial charge in [0.2, 0.25) is 5.95 Å². The molecule has 8 heteroatoms. The molecular weight excluding hydrogens is 328 g/mol. The van der Waals surface area contributed by atoms with E-state index >= 15 is 0 Å². The van der Waals surface area contributed by atoms with E-state index in [-0.39, 0.29) is 11.9 Å². The lowest BCUT2D eigenvalue weighted by molar-refractivity contribution is 0.102. The van der Waals surface area contributed by atoms with E-state index in [1.54, 1.807) is 28.8 Å². The van der Waals surface area contributed by atoms with Gasteiger partial charge in [-0.05, 0) is 31.5 Å². The number of nitrogens with zero attached hydrogens (tertiary/aromatic N) is 5. The van der Waals surface area contributed by atoms with Crippen LogP contribution in [-0.4, -0.2) is 30.5 Å². The van der Waals surface area contributed by atoms with Crippen LogP contribution < -0.4 is 5.32 Å². The largest absolute Gasteiger partial charge is 0.289 e. The molecule has 0 unspecified atom stereocenters. The topological polar surface area (TPSA) is 77.6 Å². The lowest BCUT2D eigenvalue weighted by Crippen LogP contribution is -2.14. The number of halogens is 1. The number of hydrogen-bond acceptors (Lipinski definition) is 4. The molecule has 1 N–H and O–H groups in total. The predicted molar refractivity (Wildman–Crippen MR) is 91.2 cm³/mol. The standard InChI is InChI=1S/C16H17ClN6O/c1-3-22-9-14(11(2)20-22)15(24)19-16-18-10-23(21-16)8-12-4-6-13(17)7-5-12/h4-7,9-10H,3,8H2,1-2H3,(H,19,21,24). The van der Waals surface area contributed by atoms with Crippen LogP contribution in [0.1, 0.15) is 28.5 Å². The molecule has 0 bridgehead atoms. The second-order valence-electron chi connectivity index (χ2n) is 5.33. The summed E-state index contributed by atoms with van der Waals surface area (Å²) in [6.45, 7) is 5.02. The van der Waals surface area contributed by atoms with Gasteiger partial charge in [0.15, 0.2) is 0 Å². The van der Waals surface area contributed by atoms with Gasteiger partial charge in [0.05, 0.1) is 17.8 Å². The van der Waals surface area contributed by atoms with Gasteiger partial charge in [-0.15, -0.1) is 5.10 Å². The van der Waals surface area contributed by atoms with Crippen LogP contribution in [0.5, 0.6) is 0 Å². The highest BCUT2D eigenvalue weighted by Crippen LogP contribution is 2.11. The minimum Gasteiger partial charge on any atom is -0.289 e. The van der Waals surface area contributed by atoms with Crippen molar-refractivity contribution in [3.8, 4) is 0 Å². The van der Waals surface area contributed by atoms with Gasteiger partial charge in [0, 0.05) is 17.8 Å². The predicted octanol–water partition coefficient (Wildman–Crippen LogP) is 2.76. The Hall–Kier alpha value is -2.67. The van der Waals surface area contributed by atoms with Crippen LogP contribution in [-0.2, 0) is 13.1 Å². The summed E-state index contributed by atoms with van der Waals surface area (Å²) in [4.78, 5) is 16.4. The van der Waals surface area contributed by atoms with Crippen LogP contribution in [0.2, 0.25) is 5.02 Å². The van der Waals surface area contributed by atoms with E-state index in [1.165, 1.54) is 0 Å². The maximum Gasteiger partial charge on any atom is 0.261 e. The van der Waals surface area contributed by atoms with Gasteiger partial charge < -0.3 is 0 Å². The average molecular weight is 345 g/mol. The summed E-state index contributed by atoms with van der Waals surface area (Å²) in [5.41, 5.74) is 2.24. The smallest absolute Gasteiger partial charge is 0.261 e. The molecular formula is C16H17ClN6O. The number of carbonyl (C=O) groups excluding carboxylic acids is 1. The highest BCUT2D eigenvalue weighted by molar-refractivity contribution is 6.30. The molecule has 1 aromatic carbocycles. The fraction of sp³-hybridized carbons (Fsp3) is 0.250. The summed E-state index contributed by atoms with van der Waals surface area (Å²) in [6, 6.07) is 7.49. The van der Waals surface area contributed by atoms with Crippen LogP contribution >= 0.6 is 11.6 Å². The van der Waals surface area contributed by atoms with Crippen molar-refractivity contribution in [2.75, 3.05) is 5.32 Å². The Morgan fingerprint density at radius 1 is 1.21 bits per heavy atom. The van der Waals surface area contributed by atoms with Gasteiger partial charge in [-0.2, -0.15) is 5.10 Å². The van der Waals surface area contributed by atoms with E-state index in [0.717, 1.165) is 5.56 Å². The zero-order valence-corrected chi connectivity index (χ0v) is 14.2. The lowest BCUT2D eigenvalue weighted by atomic mass is 10.2. The van der Waals surface area contributed by atoms with E-state index < -0.39 is 0 Å². The number of nitrogens with one attached hydrogen (secondary N) is 1. The Kier molecular flexibility index (Phi) is 4.61. The quantitative estimate of drug-likeness (QED) is 0.772. The summed E-state index contributed by atoms with van der Waals surface area (Å²) < 4.78 is 3.37. The molecule has 0 aliphatic rings. The molecule has 1 amide bonds. The first-order chi connectivity index (χ1) is 11.5. The average Bonchev–Trinajstić information content (AvgIpc) is 3.16. The van der Waals surface area contributed by atoms with Crippen LogP contribution in [0.3, 0.4) is 0 Å². The number of hydrogen-bond donors (Lipinski definition) is 1. The third-order valence-electron chi connectivity index (χ3n) is 3.53. The van der Waals surface area contributed by atoms with Crippen molar-refractivity contribution in [3.63, 3.8) is 0 Å². The van der Waals surface area contributed by atoms with E-state index in [2.05, 4.69) is 20.5 Å². The zero-order chi connectivity index (χ0) is 17.1. The summed E-state index contributed by atoms with van der Waals surface area (Å²) in [6.07, 6.45) is 3.29. The molecule has 7 nitrogen and oxygen atoms in total. The van der Waals surface area contributed by atoms with E-state index in [4.69, 9.17) is 11.6 Å². The van der Waals surface area contributed by atoms with Gasteiger partial charge >= 0.3 is 0 Å². The van der Waals surface area contributed by atoms with Crippen molar-refractivity contribution in [2.24, 2.45) is 0 Å². The van der Waals surface area contributed by atoms with Crippen molar-refractivity contribution in [1.29, 1.82) is 0 Å². The van der Waals surface area contributed by atoms with Crippen molar-refractivity contribution < 1.29 is 4.79 Å². The molecule has 2 aromatic heterocycles. The molecule has 2 heterocycles. The number of carbonyl (C=O) groups is 1. The summed E-state index contributed by atoms with van der Waals surface area (Å²) in [5, 5.41) is 11.9. The van der Waals surface area contributed by atoms with Crippen LogP contribution in [0, 0.1) is 6.92 Å². The molecule has 0 radical (unpaired) electrons. The molecule has 0 saturated carbocycles. The first-order valence-electron chi connectivity index (χ1n) is 7.54. The number of rotatable bonds is 5. The number of aromatic nitrogens is 5. The second kappa shape index (κ2) is 6.84. The molecule has 0 saturated heterocycles. The summed E-state index contributed by atoms with van der Waals surface area (Å²) in [5.74, 6) is -0.00550. The molecule has 0 fully saturated rings. The normalized spacial score (nSPS) is 10.8. The first kappa shape index (κ1) is 16.2. The minimum atomic E-state index is -0.267. The molecule has 124 valence electrons. The molecule has 0 atom stereocenters. The van der Waals surface area contributed by atoms with Gasteiger partial charge in [0.25, 0.3) is 5.91 Å². The van der Waals surface area contributed by atoms with Crippen molar-refractivity contribution in [2.45, 2.75) is 26.9 Å². The highest BCUT2D eigenvalue weighted by Gasteiger charge is 2.15. The summed E-state index contributed by atoms with van der Waals surface area (Å²) in [7, 11) is 0. The van der Waals surface area contributed by atoms with Crippen LogP contribution in [0.4, 0.5) is 5.95 Å². The van der Waals surface area contributed by atoms with Gasteiger partial charge in [-0.1, -0.05) is 23.7 Å². The van der Waals surface area contributed by atoms with Crippen molar-refractivity contribution >= 4 is 23.5 Å². The molecule has 0 aliphatic heterocycles. The minimum absolute atomic E-state index is 0.262. The third kappa shape index (κ3) is 3.62. The monoisotopic (exact) mass is 344 g/mol. The maximum absolute atomic E-state index is 12.3. The molecule has 3 rings (SSSR count). The van der Waals surface area contributed by atoms with Gasteiger partial charge in [-0.25, -0.2) is 9.67 Å². The van der Waals surface area contributed by atoms with E-state index in [1.807, 2.05) is 31.2 Å². The molecule has 0 spiro atoms. The Labute approximate surface area is 144 Å². The molecule has 0 aliphatic carbocycles. The number of anilines is 1. The Bertz CT molecular complexity index is 852. The SMILES string of the molecule is CCn1cc(C(=O)Nc2ncn(Cc3ccc(Cl)cc3)n2)c(C)n1. The first-order valence-corrected chi connectivity index (χ1v) is 7.92. The fourth-order valence-electron chi connectivity index (χ4n) is 2.28. The Morgan fingerprint density at radius 2 is 1.96 bits per heavy atom. The molecule has 24 heavy (non-hydrogen) atoms. The van der Waals surface area contributed by atoms with Gasteiger partial charge in [0.1, 0.15) is 6.33 Å². The number of benzene rings is 1. The summed E-state index contributed by atoms with van der Waals surface area (Å²) >= 11 is 5.87. The number of amides is 1. The second-order valence-corrected chi connectivity index (χ2v) is 5.77. The van der Waals surface area contributed by atoms with Crippen LogP contribution in [0.15, 0.2) is 36.8 Å². The van der Waals surface area contributed by atoms with Crippen molar-refractivity contribution in [1.82, 2.24) is 24.5 Å². The highest BCUT2D eigenvalue weighted by atomic mass is 35.5. The van der Waals surface area contributed by atoms with Crippen LogP contribution in [0.25, 0.3) is 0 Å². The Balaban J connectivity index is 1.68.